The fourth-order valence-corrected chi connectivity index (χ4v) is 4.37. The summed E-state index contributed by atoms with van der Waals surface area (Å²) in [5.41, 5.74) is 1.34. The van der Waals surface area contributed by atoms with E-state index in [0.29, 0.717) is 40.5 Å². The van der Waals surface area contributed by atoms with Gasteiger partial charge in [-0.15, -0.1) is 10.2 Å². The minimum absolute atomic E-state index is 0.503. The van der Waals surface area contributed by atoms with E-state index >= 15 is 0 Å². The van der Waals surface area contributed by atoms with Gasteiger partial charge in [0.05, 0.1) is 21.3 Å². The number of anilines is 1. The van der Waals surface area contributed by atoms with E-state index in [1.54, 1.807) is 39.3 Å². The number of benzene rings is 1. The minimum Gasteiger partial charge on any atom is -0.494 e. The highest BCUT2D eigenvalue weighted by Gasteiger charge is 2.23. The van der Waals surface area contributed by atoms with E-state index in [-0.39, 0.29) is 0 Å². The van der Waals surface area contributed by atoms with Crippen LogP contribution in [0.4, 0.5) is 5.95 Å². The number of pyridine rings is 1. The van der Waals surface area contributed by atoms with Crippen molar-refractivity contribution in [2.45, 2.75) is 25.7 Å². The quantitative estimate of drug-likeness (QED) is 0.361. The van der Waals surface area contributed by atoms with Crippen molar-refractivity contribution in [3.63, 3.8) is 0 Å². The maximum absolute atomic E-state index is 5.65. The highest BCUT2D eigenvalue weighted by atomic mass is 32.2. The number of rotatable bonds is 10. The van der Waals surface area contributed by atoms with Crippen LogP contribution in [0.15, 0.2) is 36.4 Å². The lowest BCUT2D eigenvalue weighted by Crippen LogP contribution is -2.12. The summed E-state index contributed by atoms with van der Waals surface area (Å²) in [6.07, 6.45) is 5.26. The van der Waals surface area contributed by atoms with E-state index in [0.717, 1.165) is 11.7 Å². The SMILES string of the molecule is COc1cccc(-c2nnc(NSCCC3CCC3)n2-c2c(OC)cccc2OC)n1. The molecule has 0 aliphatic heterocycles. The molecule has 2 aromatic heterocycles. The molecule has 0 amide bonds. The van der Waals surface area contributed by atoms with Crippen LogP contribution in [0.25, 0.3) is 17.2 Å². The van der Waals surface area contributed by atoms with Crippen LogP contribution in [0, 0.1) is 5.92 Å². The lowest BCUT2D eigenvalue weighted by Gasteiger charge is -2.24. The molecule has 1 saturated carbocycles. The summed E-state index contributed by atoms with van der Waals surface area (Å²) in [7, 11) is 4.85. The van der Waals surface area contributed by atoms with Gasteiger partial charge in [-0.25, -0.2) is 4.98 Å². The average molecular weight is 442 g/mol. The molecule has 0 atom stereocenters. The zero-order valence-corrected chi connectivity index (χ0v) is 18.8. The third-order valence-corrected chi connectivity index (χ3v) is 6.23. The van der Waals surface area contributed by atoms with Gasteiger partial charge >= 0.3 is 0 Å². The normalized spacial score (nSPS) is 13.5. The molecule has 8 nitrogen and oxygen atoms in total. The van der Waals surface area contributed by atoms with Gasteiger partial charge in [-0.3, -0.25) is 9.29 Å². The molecule has 9 heteroatoms. The Morgan fingerprint density at radius 1 is 1.00 bits per heavy atom. The Bertz CT molecular complexity index is 1000. The monoisotopic (exact) mass is 441 g/mol. The van der Waals surface area contributed by atoms with Crippen molar-refractivity contribution < 1.29 is 14.2 Å². The number of nitrogens with zero attached hydrogens (tertiary/aromatic N) is 4. The zero-order chi connectivity index (χ0) is 21.6. The molecule has 3 aromatic rings. The number of para-hydroxylation sites is 1. The highest BCUT2D eigenvalue weighted by molar-refractivity contribution is 8.00. The number of nitrogens with one attached hydrogen (secondary N) is 1. The number of ether oxygens (including phenoxy) is 3. The lowest BCUT2D eigenvalue weighted by atomic mass is 9.84. The summed E-state index contributed by atoms with van der Waals surface area (Å²) in [4.78, 5) is 4.55. The molecule has 4 rings (SSSR count). The number of hydrogen-bond donors (Lipinski definition) is 1. The maximum atomic E-state index is 5.65. The van der Waals surface area contributed by atoms with Crippen LogP contribution in [0.3, 0.4) is 0 Å². The van der Waals surface area contributed by atoms with Crippen molar-refractivity contribution in [1.29, 1.82) is 0 Å². The van der Waals surface area contributed by atoms with Crippen molar-refractivity contribution in [3.05, 3.63) is 36.4 Å². The van der Waals surface area contributed by atoms with Crippen LogP contribution in [0.5, 0.6) is 17.4 Å². The highest BCUT2D eigenvalue weighted by Crippen LogP contribution is 2.38. The van der Waals surface area contributed by atoms with E-state index in [2.05, 4.69) is 19.9 Å². The van der Waals surface area contributed by atoms with Crippen LogP contribution >= 0.6 is 11.9 Å². The van der Waals surface area contributed by atoms with Crippen LogP contribution in [0.1, 0.15) is 25.7 Å². The van der Waals surface area contributed by atoms with Gasteiger partial charge in [0.15, 0.2) is 5.82 Å². The molecular weight excluding hydrogens is 414 g/mol. The Kier molecular flexibility index (Phi) is 6.81. The first kappa shape index (κ1) is 21.3. The van der Waals surface area contributed by atoms with Crippen LogP contribution in [-0.4, -0.2) is 46.8 Å². The molecule has 0 radical (unpaired) electrons. The number of methoxy groups -OCH3 is 3. The van der Waals surface area contributed by atoms with Crippen molar-refractivity contribution in [1.82, 2.24) is 19.7 Å². The molecule has 0 saturated heterocycles. The largest absolute Gasteiger partial charge is 0.494 e. The first-order chi connectivity index (χ1) is 15.2. The molecule has 0 unspecified atom stereocenters. The van der Waals surface area contributed by atoms with Gasteiger partial charge in [-0.2, -0.15) is 0 Å². The smallest absolute Gasteiger partial charge is 0.239 e. The van der Waals surface area contributed by atoms with E-state index in [1.165, 1.54) is 25.7 Å². The van der Waals surface area contributed by atoms with E-state index in [4.69, 9.17) is 14.2 Å². The van der Waals surface area contributed by atoms with Crippen molar-refractivity contribution in [2.75, 3.05) is 31.8 Å². The van der Waals surface area contributed by atoms with Gasteiger partial charge < -0.3 is 14.2 Å². The molecule has 1 fully saturated rings. The van der Waals surface area contributed by atoms with Crippen molar-refractivity contribution in [3.8, 4) is 34.6 Å². The third kappa shape index (κ3) is 4.56. The second-order valence-corrected chi connectivity index (χ2v) is 8.20. The molecule has 1 N–H and O–H groups in total. The Morgan fingerprint density at radius 3 is 2.39 bits per heavy atom. The second kappa shape index (κ2) is 9.91. The summed E-state index contributed by atoms with van der Waals surface area (Å²) in [5, 5.41) is 8.85. The standard InChI is InChI=1S/C22H27N5O3S/c1-28-17-10-6-11-18(29-2)20(17)27-21(16-9-5-12-19(23-16)30-3)24-25-22(27)26-31-14-13-15-7-4-8-15/h5-6,9-12,15H,4,7-8,13-14H2,1-3H3,(H,25,26). The first-order valence-corrected chi connectivity index (χ1v) is 11.3. The van der Waals surface area contributed by atoms with Crippen molar-refractivity contribution >= 4 is 17.9 Å². The predicted octanol–water partition coefficient (Wildman–Crippen LogP) is 4.61. The molecule has 1 aliphatic rings. The Balaban J connectivity index is 1.73. The van der Waals surface area contributed by atoms with Gasteiger partial charge in [-0.05, 0) is 30.5 Å². The molecule has 1 aliphatic carbocycles. The second-order valence-electron chi connectivity index (χ2n) is 7.30. The van der Waals surface area contributed by atoms with Gasteiger partial charge in [0.25, 0.3) is 0 Å². The van der Waals surface area contributed by atoms with Crippen LogP contribution < -0.4 is 18.9 Å². The Morgan fingerprint density at radius 2 is 1.74 bits per heavy atom. The summed E-state index contributed by atoms with van der Waals surface area (Å²) >= 11 is 1.64. The fourth-order valence-electron chi connectivity index (χ4n) is 3.56. The molecule has 0 spiro atoms. The van der Waals surface area contributed by atoms with E-state index < -0.39 is 0 Å². The third-order valence-electron chi connectivity index (χ3n) is 5.47. The molecule has 2 heterocycles. The molecule has 1 aromatic carbocycles. The van der Waals surface area contributed by atoms with Gasteiger partial charge in [0.1, 0.15) is 22.9 Å². The number of aromatic nitrogens is 4. The molecule has 31 heavy (non-hydrogen) atoms. The first-order valence-electron chi connectivity index (χ1n) is 10.3. The fraction of sp³-hybridized carbons (Fsp3) is 0.409. The maximum Gasteiger partial charge on any atom is 0.239 e. The van der Waals surface area contributed by atoms with E-state index in [9.17, 15) is 0 Å². The summed E-state index contributed by atoms with van der Waals surface area (Å²) in [6, 6.07) is 11.2. The number of hydrogen-bond acceptors (Lipinski definition) is 8. The van der Waals surface area contributed by atoms with E-state index in [1.807, 2.05) is 34.9 Å². The van der Waals surface area contributed by atoms with Crippen LogP contribution in [0.2, 0.25) is 0 Å². The predicted molar refractivity (Wildman–Crippen MR) is 122 cm³/mol. The topological polar surface area (TPSA) is 83.3 Å². The molecule has 0 bridgehead atoms. The summed E-state index contributed by atoms with van der Waals surface area (Å²) in [5.74, 6) is 4.80. The zero-order valence-electron chi connectivity index (χ0n) is 18.0. The summed E-state index contributed by atoms with van der Waals surface area (Å²) < 4.78 is 21.8. The minimum atomic E-state index is 0.503. The van der Waals surface area contributed by atoms with Crippen LogP contribution in [-0.2, 0) is 0 Å². The van der Waals surface area contributed by atoms with Gasteiger partial charge in [-0.1, -0.05) is 43.3 Å². The lowest BCUT2D eigenvalue weighted by molar-refractivity contribution is 0.309. The van der Waals surface area contributed by atoms with Crippen molar-refractivity contribution in [2.24, 2.45) is 5.92 Å². The average Bonchev–Trinajstić information content (AvgIpc) is 3.20. The van der Waals surface area contributed by atoms with Gasteiger partial charge in [0, 0.05) is 11.8 Å². The Hall–Kier alpha value is -2.94. The summed E-state index contributed by atoms with van der Waals surface area (Å²) in [6.45, 7) is 0. The molecule has 164 valence electrons. The molecular formula is C22H27N5O3S. The Labute approximate surface area is 186 Å². The van der Waals surface area contributed by atoms with Gasteiger partial charge in [0.2, 0.25) is 11.8 Å².